The van der Waals surface area contributed by atoms with Crippen molar-refractivity contribution in [3.05, 3.63) is 29.3 Å². The van der Waals surface area contributed by atoms with Gasteiger partial charge in [0.2, 0.25) is 5.91 Å². The summed E-state index contributed by atoms with van der Waals surface area (Å²) in [5.41, 5.74) is 3.37. The van der Waals surface area contributed by atoms with E-state index >= 15 is 0 Å². The van der Waals surface area contributed by atoms with Gasteiger partial charge in [0, 0.05) is 25.2 Å². The van der Waals surface area contributed by atoms with Gasteiger partial charge in [-0.2, -0.15) is 0 Å². The molecule has 3 rings (SSSR count). The first-order valence-electron chi connectivity index (χ1n) is 6.08. The summed E-state index contributed by atoms with van der Waals surface area (Å²) in [4.78, 5) is 11.3. The molecule has 17 heavy (non-hydrogen) atoms. The summed E-state index contributed by atoms with van der Waals surface area (Å²) >= 11 is 0. The molecule has 0 spiro atoms. The molecule has 1 aromatic rings. The molecule has 2 heterocycles. The maximum absolute atomic E-state index is 11.3. The Balaban J connectivity index is 1.85. The van der Waals surface area contributed by atoms with Crippen LogP contribution in [0.4, 0.5) is 5.69 Å². The first kappa shape index (κ1) is 10.7. The van der Waals surface area contributed by atoms with Crippen LogP contribution in [0.25, 0.3) is 0 Å². The average molecular weight is 232 g/mol. The average Bonchev–Trinajstić information content (AvgIpc) is 2.39. The number of nitrogens with one attached hydrogen (secondary N) is 2. The normalized spacial score (nSPS) is 24.0. The molecular formula is C13H16N2O2. The number of hydrogen-bond donors (Lipinski definition) is 2. The molecule has 4 heteroatoms. The molecule has 0 saturated carbocycles. The number of ether oxygens (including phenoxy) is 1. The highest BCUT2D eigenvalue weighted by Gasteiger charge is 2.19. The SMILES string of the molecule is O=C1CCc2cc(C3CNCCO3)ccc2N1. The van der Waals surface area contributed by atoms with E-state index in [1.807, 2.05) is 12.1 Å². The van der Waals surface area contributed by atoms with Gasteiger partial charge in [-0.25, -0.2) is 0 Å². The van der Waals surface area contributed by atoms with E-state index < -0.39 is 0 Å². The number of carbonyl (C=O) groups is 1. The van der Waals surface area contributed by atoms with Gasteiger partial charge in [0.1, 0.15) is 0 Å². The lowest BCUT2D eigenvalue weighted by atomic mass is 9.98. The molecule has 2 aliphatic rings. The van der Waals surface area contributed by atoms with Gasteiger partial charge in [-0.1, -0.05) is 12.1 Å². The van der Waals surface area contributed by atoms with Crippen LogP contribution in [0.15, 0.2) is 18.2 Å². The fourth-order valence-electron chi connectivity index (χ4n) is 2.38. The highest BCUT2D eigenvalue weighted by atomic mass is 16.5. The quantitative estimate of drug-likeness (QED) is 0.765. The minimum Gasteiger partial charge on any atom is -0.371 e. The van der Waals surface area contributed by atoms with Gasteiger partial charge in [-0.3, -0.25) is 4.79 Å². The van der Waals surface area contributed by atoms with Gasteiger partial charge in [-0.15, -0.1) is 0 Å². The number of rotatable bonds is 1. The maximum Gasteiger partial charge on any atom is 0.224 e. The summed E-state index contributed by atoms with van der Waals surface area (Å²) in [7, 11) is 0. The van der Waals surface area contributed by atoms with Crippen molar-refractivity contribution in [2.45, 2.75) is 18.9 Å². The lowest BCUT2D eigenvalue weighted by molar-refractivity contribution is -0.116. The van der Waals surface area contributed by atoms with Crippen LogP contribution in [-0.4, -0.2) is 25.6 Å². The second kappa shape index (κ2) is 4.47. The zero-order valence-electron chi connectivity index (χ0n) is 9.66. The zero-order chi connectivity index (χ0) is 11.7. The summed E-state index contributed by atoms with van der Waals surface area (Å²) in [5.74, 6) is 0.112. The number of aryl methyl sites for hydroxylation is 1. The Morgan fingerprint density at radius 2 is 2.24 bits per heavy atom. The molecule has 1 saturated heterocycles. The third-order valence-corrected chi connectivity index (χ3v) is 3.32. The van der Waals surface area contributed by atoms with E-state index in [0.717, 1.165) is 31.8 Å². The maximum atomic E-state index is 11.3. The van der Waals surface area contributed by atoms with E-state index in [1.54, 1.807) is 0 Å². The molecule has 1 amide bonds. The van der Waals surface area contributed by atoms with Crippen LogP contribution >= 0.6 is 0 Å². The van der Waals surface area contributed by atoms with Crippen molar-refractivity contribution in [3.8, 4) is 0 Å². The van der Waals surface area contributed by atoms with Crippen molar-refractivity contribution >= 4 is 11.6 Å². The topological polar surface area (TPSA) is 50.4 Å². The van der Waals surface area contributed by atoms with Crippen LogP contribution in [0.3, 0.4) is 0 Å². The van der Waals surface area contributed by atoms with Crippen LogP contribution in [0.1, 0.15) is 23.7 Å². The van der Waals surface area contributed by atoms with E-state index in [4.69, 9.17) is 4.74 Å². The first-order chi connectivity index (χ1) is 8.33. The van der Waals surface area contributed by atoms with Crippen molar-refractivity contribution < 1.29 is 9.53 Å². The van der Waals surface area contributed by atoms with Gasteiger partial charge in [0.05, 0.1) is 12.7 Å². The van der Waals surface area contributed by atoms with Gasteiger partial charge < -0.3 is 15.4 Å². The second-order valence-electron chi connectivity index (χ2n) is 4.53. The van der Waals surface area contributed by atoms with Crippen LogP contribution < -0.4 is 10.6 Å². The number of carbonyl (C=O) groups excluding carboxylic acids is 1. The monoisotopic (exact) mass is 232 g/mol. The fraction of sp³-hybridized carbons (Fsp3) is 0.462. The third-order valence-electron chi connectivity index (χ3n) is 3.32. The van der Waals surface area contributed by atoms with Crippen molar-refractivity contribution in [2.24, 2.45) is 0 Å². The van der Waals surface area contributed by atoms with Gasteiger partial charge in [-0.05, 0) is 23.6 Å². The molecule has 1 unspecified atom stereocenters. The number of benzene rings is 1. The van der Waals surface area contributed by atoms with Gasteiger partial charge in [0.25, 0.3) is 0 Å². The molecule has 2 aliphatic heterocycles. The predicted octanol–water partition coefficient (Wildman–Crippen LogP) is 1.23. The summed E-state index contributed by atoms with van der Waals surface area (Å²) in [5, 5.41) is 6.22. The second-order valence-corrected chi connectivity index (χ2v) is 4.53. The summed E-state index contributed by atoms with van der Waals surface area (Å²) < 4.78 is 5.73. The Hall–Kier alpha value is -1.39. The Bertz CT molecular complexity index is 439. The Morgan fingerprint density at radius 1 is 1.29 bits per heavy atom. The minimum atomic E-state index is 0.112. The number of hydrogen-bond acceptors (Lipinski definition) is 3. The lowest BCUT2D eigenvalue weighted by Crippen LogP contribution is -2.33. The molecule has 1 fully saturated rings. The zero-order valence-corrected chi connectivity index (χ0v) is 9.66. The first-order valence-corrected chi connectivity index (χ1v) is 6.08. The molecule has 4 nitrogen and oxygen atoms in total. The van der Waals surface area contributed by atoms with Crippen LogP contribution in [-0.2, 0) is 16.0 Å². The van der Waals surface area contributed by atoms with E-state index in [1.165, 1.54) is 11.1 Å². The highest BCUT2D eigenvalue weighted by molar-refractivity contribution is 5.93. The van der Waals surface area contributed by atoms with Crippen molar-refractivity contribution in [1.82, 2.24) is 5.32 Å². The number of anilines is 1. The van der Waals surface area contributed by atoms with Gasteiger partial charge in [0.15, 0.2) is 0 Å². The number of morpholine rings is 1. The molecule has 1 aromatic carbocycles. The van der Waals surface area contributed by atoms with E-state index in [9.17, 15) is 4.79 Å². The molecule has 0 aliphatic carbocycles. The smallest absolute Gasteiger partial charge is 0.224 e. The molecular weight excluding hydrogens is 216 g/mol. The Labute approximate surface area is 100 Å². The predicted molar refractivity (Wildman–Crippen MR) is 65.0 cm³/mol. The van der Waals surface area contributed by atoms with E-state index in [-0.39, 0.29) is 12.0 Å². The molecule has 90 valence electrons. The Kier molecular flexibility index (Phi) is 2.82. The minimum absolute atomic E-state index is 0.112. The van der Waals surface area contributed by atoms with Crippen LogP contribution in [0.5, 0.6) is 0 Å². The molecule has 2 N–H and O–H groups in total. The van der Waals surface area contributed by atoms with Gasteiger partial charge >= 0.3 is 0 Å². The van der Waals surface area contributed by atoms with E-state index in [2.05, 4.69) is 16.7 Å². The van der Waals surface area contributed by atoms with Crippen molar-refractivity contribution in [1.29, 1.82) is 0 Å². The Morgan fingerprint density at radius 3 is 3.06 bits per heavy atom. The largest absolute Gasteiger partial charge is 0.371 e. The number of fused-ring (bicyclic) bond motifs is 1. The van der Waals surface area contributed by atoms with E-state index in [0.29, 0.717) is 6.42 Å². The van der Waals surface area contributed by atoms with Crippen LogP contribution in [0.2, 0.25) is 0 Å². The molecule has 0 radical (unpaired) electrons. The standard InChI is InChI=1S/C13H16N2O2/c16-13-4-2-9-7-10(1-3-11(9)15-13)12-8-14-5-6-17-12/h1,3,7,12,14H,2,4-6,8H2,(H,15,16). The summed E-state index contributed by atoms with van der Waals surface area (Å²) in [6, 6.07) is 6.19. The van der Waals surface area contributed by atoms with Crippen molar-refractivity contribution in [3.63, 3.8) is 0 Å². The lowest BCUT2D eigenvalue weighted by Gasteiger charge is -2.25. The third kappa shape index (κ3) is 2.18. The molecule has 0 aromatic heterocycles. The molecule has 1 atom stereocenters. The van der Waals surface area contributed by atoms with Crippen LogP contribution in [0, 0.1) is 0 Å². The van der Waals surface area contributed by atoms with Crippen molar-refractivity contribution in [2.75, 3.05) is 25.0 Å². The summed E-state index contributed by atoms with van der Waals surface area (Å²) in [6.45, 7) is 2.56. The molecule has 0 bridgehead atoms. The highest BCUT2D eigenvalue weighted by Crippen LogP contribution is 2.27. The number of amides is 1. The fourth-order valence-corrected chi connectivity index (χ4v) is 2.38. The summed E-state index contributed by atoms with van der Waals surface area (Å²) in [6.07, 6.45) is 1.56.